The Bertz CT molecular complexity index is 334. The number of aromatic nitrogens is 1. The van der Waals surface area contributed by atoms with E-state index >= 15 is 0 Å². The third-order valence-corrected chi connectivity index (χ3v) is 2.18. The minimum Gasteiger partial charge on any atom is -0.352 e. The molecule has 0 aromatic carbocycles. The van der Waals surface area contributed by atoms with Gasteiger partial charge in [0, 0.05) is 12.7 Å². The summed E-state index contributed by atoms with van der Waals surface area (Å²) in [5, 5.41) is 2.84. The normalized spacial score (nSPS) is 10.2. The van der Waals surface area contributed by atoms with Gasteiger partial charge in [-0.3, -0.25) is 4.79 Å². The standard InChI is InChI=1S/C11H18N4O/c1-8(2)5-6-13-11(16)9-3-4-10(15-12)14-7-9/h3-4,7-8H,5-6,12H2,1-2H3,(H,13,16)(H,14,15). The first-order chi connectivity index (χ1) is 7.63. The molecular weight excluding hydrogens is 204 g/mol. The molecule has 0 radical (unpaired) electrons. The van der Waals surface area contributed by atoms with Crippen molar-refractivity contribution >= 4 is 11.7 Å². The van der Waals surface area contributed by atoms with Crippen LogP contribution in [0.5, 0.6) is 0 Å². The summed E-state index contributed by atoms with van der Waals surface area (Å²) in [4.78, 5) is 15.6. The topological polar surface area (TPSA) is 80.0 Å². The van der Waals surface area contributed by atoms with Gasteiger partial charge < -0.3 is 10.7 Å². The van der Waals surface area contributed by atoms with Crippen LogP contribution in [0.2, 0.25) is 0 Å². The van der Waals surface area contributed by atoms with Crippen LogP contribution in [0.4, 0.5) is 5.82 Å². The number of carbonyl (C=O) groups is 1. The van der Waals surface area contributed by atoms with E-state index in [1.54, 1.807) is 12.1 Å². The summed E-state index contributed by atoms with van der Waals surface area (Å²) in [6.07, 6.45) is 2.47. The number of pyridine rings is 1. The van der Waals surface area contributed by atoms with Gasteiger partial charge in [0.05, 0.1) is 5.56 Å². The minimum absolute atomic E-state index is 0.100. The van der Waals surface area contributed by atoms with Crippen LogP contribution in [-0.2, 0) is 0 Å². The second kappa shape index (κ2) is 6.07. The Morgan fingerprint density at radius 2 is 2.25 bits per heavy atom. The minimum atomic E-state index is -0.100. The first-order valence-corrected chi connectivity index (χ1v) is 5.34. The van der Waals surface area contributed by atoms with Crippen LogP contribution in [0.1, 0.15) is 30.6 Å². The Morgan fingerprint density at radius 3 is 2.75 bits per heavy atom. The van der Waals surface area contributed by atoms with Crippen molar-refractivity contribution in [3.8, 4) is 0 Å². The van der Waals surface area contributed by atoms with Gasteiger partial charge in [-0.2, -0.15) is 0 Å². The van der Waals surface area contributed by atoms with Gasteiger partial charge in [0.1, 0.15) is 5.82 Å². The molecule has 5 nitrogen and oxygen atoms in total. The van der Waals surface area contributed by atoms with E-state index in [0.29, 0.717) is 23.8 Å². The SMILES string of the molecule is CC(C)CCNC(=O)c1ccc(NN)nc1. The molecule has 0 saturated heterocycles. The second-order valence-electron chi connectivity index (χ2n) is 4.01. The van der Waals surface area contributed by atoms with E-state index in [4.69, 9.17) is 5.84 Å². The summed E-state index contributed by atoms with van der Waals surface area (Å²) in [5.74, 6) is 6.20. The lowest BCUT2D eigenvalue weighted by Gasteiger charge is -2.07. The number of hydrogen-bond donors (Lipinski definition) is 3. The van der Waals surface area contributed by atoms with Crippen molar-refractivity contribution < 1.29 is 4.79 Å². The molecule has 1 rings (SSSR count). The van der Waals surface area contributed by atoms with Crippen molar-refractivity contribution in [1.29, 1.82) is 0 Å². The van der Waals surface area contributed by atoms with Crippen LogP contribution in [0.3, 0.4) is 0 Å². The largest absolute Gasteiger partial charge is 0.352 e. The maximum Gasteiger partial charge on any atom is 0.252 e. The number of nitrogens with one attached hydrogen (secondary N) is 2. The van der Waals surface area contributed by atoms with Gasteiger partial charge in [-0.15, -0.1) is 0 Å². The average molecular weight is 222 g/mol. The zero-order valence-electron chi connectivity index (χ0n) is 9.66. The first kappa shape index (κ1) is 12.4. The van der Waals surface area contributed by atoms with Gasteiger partial charge in [0.25, 0.3) is 5.91 Å². The van der Waals surface area contributed by atoms with Crippen molar-refractivity contribution in [1.82, 2.24) is 10.3 Å². The number of amides is 1. The number of anilines is 1. The molecule has 1 amide bonds. The van der Waals surface area contributed by atoms with E-state index in [1.165, 1.54) is 6.20 Å². The number of nitrogen functional groups attached to an aromatic ring is 1. The van der Waals surface area contributed by atoms with E-state index in [9.17, 15) is 4.79 Å². The maximum atomic E-state index is 11.6. The lowest BCUT2D eigenvalue weighted by atomic mass is 10.1. The Labute approximate surface area is 95.4 Å². The maximum absolute atomic E-state index is 11.6. The van der Waals surface area contributed by atoms with Crippen LogP contribution in [-0.4, -0.2) is 17.4 Å². The number of nitrogens with two attached hydrogens (primary N) is 1. The molecule has 88 valence electrons. The van der Waals surface area contributed by atoms with Crippen LogP contribution in [0, 0.1) is 5.92 Å². The van der Waals surface area contributed by atoms with Crippen molar-refractivity contribution in [2.45, 2.75) is 20.3 Å². The summed E-state index contributed by atoms with van der Waals surface area (Å²) in [6.45, 7) is 4.93. The molecule has 0 aliphatic carbocycles. The fourth-order valence-corrected chi connectivity index (χ4v) is 1.19. The Balaban J connectivity index is 2.46. The van der Waals surface area contributed by atoms with Gasteiger partial charge >= 0.3 is 0 Å². The van der Waals surface area contributed by atoms with Crippen molar-refractivity contribution in [2.24, 2.45) is 11.8 Å². The third kappa shape index (κ3) is 3.86. The predicted molar refractivity (Wildman–Crippen MR) is 63.8 cm³/mol. The van der Waals surface area contributed by atoms with E-state index in [-0.39, 0.29) is 5.91 Å². The molecule has 0 saturated carbocycles. The highest BCUT2D eigenvalue weighted by molar-refractivity contribution is 5.93. The zero-order valence-corrected chi connectivity index (χ0v) is 9.66. The number of carbonyl (C=O) groups excluding carboxylic acids is 1. The molecule has 4 N–H and O–H groups in total. The van der Waals surface area contributed by atoms with Crippen LogP contribution >= 0.6 is 0 Å². The molecule has 0 aliphatic heterocycles. The summed E-state index contributed by atoms with van der Waals surface area (Å²) >= 11 is 0. The van der Waals surface area contributed by atoms with Gasteiger partial charge in [0.15, 0.2) is 0 Å². The van der Waals surface area contributed by atoms with Gasteiger partial charge in [-0.05, 0) is 24.5 Å². The quantitative estimate of drug-likeness (QED) is 0.515. The molecule has 1 heterocycles. The molecule has 1 aromatic heterocycles. The summed E-state index contributed by atoms with van der Waals surface area (Å²) < 4.78 is 0. The fourth-order valence-electron chi connectivity index (χ4n) is 1.19. The summed E-state index contributed by atoms with van der Waals surface area (Å²) in [7, 11) is 0. The first-order valence-electron chi connectivity index (χ1n) is 5.34. The van der Waals surface area contributed by atoms with Crippen molar-refractivity contribution in [3.05, 3.63) is 23.9 Å². The Kier molecular flexibility index (Phi) is 4.72. The molecule has 0 aliphatic rings. The van der Waals surface area contributed by atoms with Crippen molar-refractivity contribution in [2.75, 3.05) is 12.0 Å². The molecule has 0 bridgehead atoms. The molecule has 0 unspecified atom stereocenters. The van der Waals surface area contributed by atoms with Gasteiger partial charge in [-0.1, -0.05) is 13.8 Å². The fraction of sp³-hybridized carbons (Fsp3) is 0.455. The smallest absolute Gasteiger partial charge is 0.252 e. The Hall–Kier alpha value is -1.62. The lowest BCUT2D eigenvalue weighted by Crippen LogP contribution is -2.25. The summed E-state index contributed by atoms with van der Waals surface area (Å²) in [6, 6.07) is 3.35. The molecule has 16 heavy (non-hydrogen) atoms. The number of rotatable bonds is 5. The zero-order chi connectivity index (χ0) is 12.0. The number of nitrogens with zero attached hydrogens (tertiary/aromatic N) is 1. The second-order valence-corrected chi connectivity index (χ2v) is 4.01. The highest BCUT2D eigenvalue weighted by atomic mass is 16.1. The van der Waals surface area contributed by atoms with E-state index in [1.807, 2.05) is 0 Å². The monoisotopic (exact) mass is 222 g/mol. The molecule has 0 atom stereocenters. The van der Waals surface area contributed by atoms with Crippen LogP contribution < -0.4 is 16.6 Å². The highest BCUT2D eigenvalue weighted by Crippen LogP contribution is 2.03. The lowest BCUT2D eigenvalue weighted by molar-refractivity contribution is 0.0951. The molecule has 5 heteroatoms. The average Bonchev–Trinajstić information content (AvgIpc) is 2.28. The van der Waals surface area contributed by atoms with E-state index in [2.05, 4.69) is 29.6 Å². The van der Waals surface area contributed by atoms with E-state index < -0.39 is 0 Å². The summed E-state index contributed by atoms with van der Waals surface area (Å²) in [5.41, 5.74) is 2.95. The van der Waals surface area contributed by atoms with E-state index in [0.717, 1.165) is 6.42 Å². The number of hydrazine groups is 1. The number of hydrogen-bond acceptors (Lipinski definition) is 4. The molecule has 1 aromatic rings. The van der Waals surface area contributed by atoms with Crippen LogP contribution in [0.25, 0.3) is 0 Å². The highest BCUT2D eigenvalue weighted by Gasteiger charge is 2.05. The van der Waals surface area contributed by atoms with Gasteiger partial charge in [0.2, 0.25) is 0 Å². The van der Waals surface area contributed by atoms with Gasteiger partial charge in [-0.25, -0.2) is 10.8 Å². The molecule has 0 spiro atoms. The predicted octanol–water partition coefficient (Wildman–Crippen LogP) is 1.14. The Morgan fingerprint density at radius 1 is 1.50 bits per heavy atom. The van der Waals surface area contributed by atoms with Crippen LogP contribution in [0.15, 0.2) is 18.3 Å². The molecular formula is C11H18N4O. The van der Waals surface area contributed by atoms with Crippen molar-refractivity contribution in [3.63, 3.8) is 0 Å². The third-order valence-electron chi connectivity index (χ3n) is 2.18. The molecule has 0 fully saturated rings.